The van der Waals surface area contributed by atoms with Gasteiger partial charge in [0.1, 0.15) is 0 Å². The van der Waals surface area contributed by atoms with Crippen LogP contribution in [-0.4, -0.2) is 60.7 Å². The summed E-state index contributed by atoms with van der Waals surface area (Å²) >= 11 is 0. The Hall–Kier alpha value is -1.89. The first kappa shape index (κ1) is 54.9. The van der Waals surface area contributed by atoms with Gasteiger partial charge in [-0.05, 0) is 58.3 Å². The second-order valence-corrected chi connectivity index (χ2v) is 16.8. The maximum Gasteiger partial charge on any atom is 0.390 e. The molecule has 1 aliphatic rings. The van der Waals surface area contributed by atoms with Gasteiger partial charge in [-0.1, -0.05) is 72.4 Å². The number of carboxylic acids is 2. The molecule has 2 rings (SSSR count). The summed E-state index contributed by atoms with van der Waals surface area (Å²) in [5, 5.41) is 22.2. The van der Waals surface area contributed by atoms with Crippen LogP contribution in [0.1, 0.15) is 139 Å². The number of benzene rings is 1. The topological polar surface area (TPSA) is 189 Å². The molecule has 2 amide bonds. The molecular formula is C38H68N4O6Pt2-2. The van der Waals surface area contributed by atoms with Crippen molar-refractivity contribution in [2.45, 2.75) is 151 Å². The number of carboxylic acid groups (broad SMARTS) is 2. The van der Waals surface area contributed by atoms with Crippen LogP contribution in [0.5, 0.6) is 0 Å². The summed E-state index contributed by atoms with van der Waals surface area (Å²) < 4.78 is 0. The summed E-state index contributed by atoms with van der Waals surface area (Å²) in [4.78, 5) is 38.6. The summed E-state index contributed by atoms with van der Waals surface area (Å²) in [7, 11) is 0. The van der Waals surface area contributed by atoms with Gasteiger partial charge in [0, 0.05) is 53.2 Å². The summed E-state index contributed by atoms with van der Waals surface area (Å²) in [5.74, 6) is -0.603. The largest absolute Gasteiger partial charge is 0.756 e. The Morgan fingerprint density at radius 3 is 1.48 bits per heavy atom. The molecule has 50 heavy (non-hydrogen) atoms. The predicted octanol–water partition coefficient (Wildman–Crippen LogP) is 9.03. The van der Waals surface area contributed by atoms with Gasteiger partial charge in [-0.2, -0.15) is 18.0 Å². The van der Waals surface area contributed by atoms with Crippen molar-refractivity contribution in [2.75, 3.05) is 0 Å². The Morgan fingerprint density at radius 2 is 1.20 bits per heavy atom. The Balaban J connectivity index is -0.000000278. The average Bonchev–Trinajstić information content (AvgIpc) is 2.87. The maximum atomic E-state index is 10.1. The summed E-state index contributed by atoms with van der Waals surface area (Å²) in [6.45, 7) is 32.6. The predicted molar refractivity (Wildman–Crippen MR) is 201 cm³/mol. The number of aliphatic carboxylic acids is 2. The van der Waals surface area contributed by atoms with Gasteiger partial charge < -0.3 is 39.2 Å². The van der Waals surface area contributed by atoms with Gasteiger partial charge in [-0.15, -0.1) is 6.07 Å². The van der Waals surface area contributed by atoms with Crippen LogP contribution in [0.25, 0.3) is 11.5 Å². The van der Waals surface area contributed by atoms with E-state index in [4.69, 9.17) is 21.7 Å². The number of hydrogen-bond acceptors (Lipinski definition) is 2. The van der Waals surface area contributed by atoms with E-state index in [1.54, 1.807) is 0 Å². The van der Waals surface area contributed by atoms with Crippen LogP contribution in [0.3, 0.4) is 0 Å². The number of nitrogens with one attached hydrogen (secondary N) is 4. The molecule has 1 aromatic carbocycles. The van der Waals surface area contributed by atoms with Crippen molar-refractivity contribution in [3.05, 3.63) is 54.6 Å². The van der Waals surface area contributed by atoms with Crippen molar-refractivity contribution >= 4 is 29.4 Å². The summed E-state index contributed by atoms with van der Waals surface area (Å²) in [6, 6.07) is 5.89. The van der Waals surface area contributed by atoms with Crippen LogP contribution in [0.2, 0.25) is 0 Å². The minimum atomic E-state index is -0.905. The van der Waals surface area contributed by atoms with Crippen molar-refractivity contribution in [1.29, 1.82) is 0 Å². The zero-order chi connectivity index (χ0) is 38.3. The Labute approximate surface area is 332 Å². The van der Waals surface area contributed by atoms with Crippen molar-refractivity contribution < 1.29 is 71.5 Å². The molecule has 1 fully saturated rings. The number of rotatable bonds is 6. The molecule has 3 atom stereocenters. The van der Waals surface area contributed by atoms with Crippen molar-refractivity contribution in [3.8, 4) is 0 Å². The fourth-order valence-electron chi connectivity index (χ4n) is 4.55. The van der Waals surface area contributed by atoms with Gasteiger partial charge in [0.25, 0.3) is 0 Å². The van der Waals surface area contributed by atoms with Gasteiger partial charge in [-0.25, -0.2) is 12.5 Å². The van der Waals surface area contributed by atoms with Crippen LogP contribution in [0, 0.1) is 31.1 Å². The van der Waals surface area contributed by atoms with Gasteiger partial charge in [0.2, 0.25) is 0 Å². The molecular weight excluding hydrogens is 999 g/mol. The van der Waals surface area contributed by atoms with Crippen LogP contribution in [-0.2, 0) is 57.1 Å². The molecule has 0 aromatic heterocycles. The third-order valence-electron chi connectivity index (χ3n) is 7.37. The first-order valence-electron chi connectivity index (χ1n) is 16.8. The number of hydrogen-bond donors (Lipinski definition) is 4. The minimum Gasteiger partial charge on any atom is -0.756 e. The fourth-order valence-corrected chi connectivity index (χ4v) is 4.55. The summed E-state index contributed by atoms with van der Waals surface area (Å²) in [6.07, 6.45) is 3.65. The minimum absolute atomic E-state index is 0. The van der Waals surface area contributed by atoms with E-state index in [1.807, 2.05) is 59.7 Å². The third kappa shape index (κ3) is 29.8. The first-order valence-corrected chi connectivity index (χ1v) is 16.8. The molecule has 10 nitrogen and oxygen atoms in total. The molecule has 0 radical (unpaired) electrons. The molecule has 1 aliphatic carbocycles. The summed E-state index contributed by atoms with van der Waals surface area (Å²) in [5.41, 5.74) is 17.9. The average molecular weight is 1070 g/mol. The number of amides is 2. The van der Waals surface area contributed by atoms with Gasteiger partial charge >= 0.3 is 23.8 Å². The molecule has 0 aliphatic heterocycles. The van der Waals surface area contributed by atoms with E-state index >= 15 is 0 Å². The molecule has 0 bridgehead atoms. The normalized spacial score (nSPS) is 17.2. The zero-order valence-electron chi connectivity index (χ0n) is 32.6. The Morgan fingerprint density at radius 1 is 0.800 bits per heavy atom. The molecule has 3 unspecified atom stereocenters. The van der Waals surface area contributed by atoms with Crippen LogP contribution < -0.4 is 10.6 Å². The van der Waals surface area contributed by atoms with Crippen LogP contribution >= 0.6 is 0 Å². The first-order chi connectivity index (χ1) is 21.4. The molecule has 0 heterocycles. The van der Waals surface area contributed by atoms with E-state index in [0.29, 0.717) is 17.0 Å². The van der Waals surface area contributed by atoms with E-state index in [-0.39, 0.29) is 102 Å². The smallest absolute Gasteiger partial charge is 0.390 e. The van der Waals surface area contributed by atoms with E-state index < -0.39 is 11.9 Å². The van der Waals surface area contributed by atoms with Gasteiger partial charge in [0.15, 0.2) is 0 Å². The molecule has 1 aromatic rings. The second-order valence-electron chi connectivity index (χ2n) is 16.8. The molecule has 298 valence electrons. The quantitative estimate of drug-likeness (QED) is 0.164. The molecule has 0 saturated heterocycles. The maximum absolute atomic E-state index is 10.1. The molecule has 1 saturated carbocycles. The van der Waals surface area contributed by atoms with E-state index in [1.165, 1.54) is 12.0 Å². The monoisotopic (exact) mass is 1070 g/mol. The van der Waals surface area contributed by atoms with Gasteiger partial charge in [0.05, 0.1) is 25.7 Å². The van der Waals surface area contributed by atoms with E-state index in [2.05, 4.69) is 66.0 Å². The van der Waals surface area contributed by atoms with Crippen molar-refractivity contribution in [1.82, 2.24) is 10.6 Å². The van der Waals surface area contributed by atoms with Crippen LogP contribution in [0.4, 0.5) is 5.69 Å². The molecule has 8 N–H and O–H groups in total. The second kappa shape index (κ2) is 24.4. The molecule has 12 heteroatoms. The SMILES string of the molecule is CC(C)(C)NC(=[OH+])CCC(=O)O.CC(C)(C)NC(=[OH+])CCC(=O)O.[CH2-]C1CC(C(C)(C)C)CCC1[NH-].[CH2-]c1cc(C(C)(C)C)ccc1[NH-].[Pt].[Pt]. The number of carbonyl (C=O) groups is 2. The van der Waals surface area contributed by atoms with Gasteiger partial charge in [-0.3, -0.25) is 24.9 Å². The Bertz CT molecular complexity index is 1120. The van der Waals surface area contributed by atoms with Crippen molar-refractivity contribution in [2.24, 2.45) is 17.3 Å². The Kier molecular flexibility index (Phi) is 26.7. The fraction of sp³-hybridized carbons (Fsp3) is 0.684. The molecule has 0 spiro atoms. The van der Waals surface area contributed by atoms with E-state index in [9.17, 15) is 19.2 Å². The zero-order valence-corrected chi connectivity index (χ0v) is 37.1. The standard InChI is InChI=1S/C11H21N.C11H15N.2C8H15NO3.2Pt/c2*1-8-7-9(11(2,3)4)5-6-10(8)12;2*1-8(2,3)9-6(10)4-5-7(11)12;;/h8-10,12H,1,5-7H2,2-4H3;5-7,12H,1H2,2-4H3;2*4-5H2,1-3H3,(H,9,10)(H,11,12);;/q2*-2;;;;/p+2. The van der Waals surface area contributed by atoms with Crippen molar-refractivity contribution in [3.63, 3.8) is 0 Å². The van der Waals surface area contributed by atoms with Crippen LogP contribution in [0.15, 0.2) is 18.2 Å². The number of carbonyl (C=O) groups excluding carboxylic acids is 2. The third-order valence-corrected chi connectivity index (χ3v) is 7.37. The van der Waals surface area contributed by atoms with E-state index in [0.717, 1.165) is 24.3 Å².